The quantitative estimate of drug-likeness (QED) is 0.743. The Labute approximate surface area is 106 Å². The summed E-state index contributed by atoms with van der Waals surface area (Å²) in [4.78, 5) is 2.40. The fourth-order valence-corrected chi connectivity index (χ4v) is 1.98. The van der Waals surface area contributed by atoms with Gasteiger partial charge in [0.2, 0.25) is 0 Å². The van der Waals surface area contributed by atoms with Gasteiger partial charge in [0.25, 0.3) is 0 Å². The minimum atomic E-state index is 0.579. The van der Waals surface area contributed by atoms with E-state index in [2.05, 4.69) is 61.4 Å². The molecule has 96 valence electrons. The molecule has 0 saturated carbocycles. The maximum atomic E-state index is 3.52. The molecule has 0 heterocycles. The highest BCUT2D eigenvalue weighted by Gasteiger charge is 2.05. The van der Waals surface area contributed by atoms with E-state index in [1.54, 1.807) is 0 Å². The molecule has 0 aliphatic heterocycles. The van der Waals surface area contributed by atoms with Gasteiger partial charge in [-0.2, -0.15) is 0 Å². The molecule has 1 rings (SSSR count). The minimum absolute atomic E-state index is 0.579. The smallest absolute Gasteiger partial charge is 0.0166 e. The molecule has 2 heteroatoms. The summed E-state index contributed by atoms with van der Waals surface area (Å²) < 4.78 is 0. The van der Waals surface area contributed by atoms with Crippen molar-refractivity contribution in [3.05, 3.63) is 35.9 Å². The van der Waals surface area contributed by atoms with Gasteiger partial charge in [0.05, 0.1) is 0 Å². The Balaban J connectivity index is 2.19. The highest BCUT2D eigenvalue weighted by molar-refractivity contribution is 5.14. The second kappa shape index (κ2) is 8.26. The molecule has 0 aromatic heterocycles. The van der Waals surface area contributed by atoms with E-state index < -0.39 is 0 Å². The van der Waals surface area contributed by atoms with Gasteiger partial charge in [0.1, 0.15) is 0 Å². The normalized spacial score (nSPS) is 12.9. The zero-order valence-corrected chi connectivity index (χ0v) is 11.4. The van der Waals surface area contributed by atoms with Gasteiger partial charge >= 0.3 is 0 Å². The molecule has 0 spiro atoms. The van der Waals surface area contributed by atoms with Crippen LogP contribution in [0.1, 0.15) is 25.8 Å². The molecule has 0 radical (unpaired) electrons. The van der Waals surface area contributed by atoms with Gasteiger partial charge in [-0.3, -0.25) is 0 Å². The number of nitrogens with zero attached hydrogens (tertiary/aromatic N) is 1. The number of hydrogen-bond acceptors (Lipinski definition) is 2. The lowest BCUT2D eigenvalue weighted by molar-refractivity contribution is 0.300. The van der Waals surface area contributed by atoms with E-state index in [0.717, 1.165) is 26.1 Å². The number of rotatable bonds is 8. The van der Waals surface area contributed by atoms with Crippen LogP contribution in [0.3, 0.4) is 0 Å². The van der Waals surface area contributed by atoms with E-state index in [1.807, 2.05) is 0 Å². The number of nitrogens with one attached hydrogen (secondary N) is 1. The summed E-state index contributed by atoms with van der Waals surface area (Å²) in [6, 6.07) is 11.3. The van der Waals surface area contributed by atoms with Crippen LogP contribution in [0.2, 0.25) is 0 Å². The largest absolute Gasteiger partial charge is 0.313 e. The standard InChI is InChI=1S/C15H26N2/c1-4-11-16-14(2)13-17(3)12-10-15-8-6-5-7-9-15/h5-9,14,16H,4,10-13H2,1-3H3. The van der Waals surface area contributed by atoms with Gasteiger partial charge in [-0.25, -0.2) is 0 Å². The maximum absolute atomic E-state index is 3.52. The number of benzene rings is 1. The van der Waals surface area contributed by atoms with E-state index in [1.165, 1.54) is 12.0 Å². The van der Waals surface area contributed by atoms with Crippen molar-refractivity contribution in [1.82, 2.24) is 10.2 Å². The molecular weight excluding hydrogens is 208 g/mol. The van der Waals surface area contributed by atoms with E-state index in [-0.39, 0.29) is 0 Å². The molecule has 1 N–H and O–H groups in total. The van der Waals surface area contributed by atoms with Crippen molar-refractivity contribution in [2.75, 3.05) is 26.7 Å². The number of likely N-dealkylation sites (N-methyl/N-ethyl adjacent to an activating group) is 1. The van der Waals surface area contributed by atoms with E-state index in [4.69, 9.17) is 0 Å². The maximum Gasteiger partial charge on any atom is 0.0166 e. The molecule has 0 fully saturated rings. The predicted octanol–water partition coefficient (Wildman–Crippen LogP) is 2.55. The van der Waals surface area contributed by atoms with Gasteiger partial charge < -0.3 is 10.2 Å². The Hall–Kier alpha value is -0.860. The van der Waals surface area contributed by atoms with Crippen molar-refractivity contribution < 1.29 is 0 Å². The predicted molar refractivity (Wildman–Crippen MR) is 75.4 cm³/mol. The van der Waals surface area contributed by atoms with Gasteiger partial charge in [-0.1, -0.05) is 37.3 Å². The second-order valence-corrected chi connectivity index (χ2v) is 4.85. The van der Waals surface area contributed by atoms with E-state index in [9.17, 15) is 0 Å². The first kappa shape index (κ1) is 14.2. The van der Waals surface area contributed by atoms with Gasteiger partial charge in [-0.05, 0) is 38.9 Å². The molecule has 1 aromatic carbocycles. The molecule has 0 bridgehead atoms. The summed E-state index contributed by atoms with van der Waals surface area (Å²) in [5.74, 6) is 0. The SMILES string of the molecule is CCCNC(C)CN(C)CCc1ccccc1. The zero-order valence-electron chi connectivity index (χ0n) is 11.4. The van der Waals surface area contributed by atoms with E-state index >= 15 is 0 Å². The molecule has 0 aliphatic rings. The van der Waals surface area contributed by atoms with Crippen LogP contribution in [0.25, 0.3) is 0 Å². The van der Waals surface area contributed by atoms with Crippen LogP contribution in [0.4, 0.5) is 0 Å². The molecule has 0 amide bonds. The molecule has 1 aromatic rings. The molecule has 1 unspecified atom stereocenters. The Bertz CT molecular complexity index is 284. The van der Waals surface area contributed by atoms with Crippen LogP contribution in [-0.4, -0.2) is 37.6 Å². The first-order valence-electron chi connectivity index (χ1n) is 6.68. The topological polar surface area (TPSA) is 15.3 Å². The summed E-state index contributed by atoms with van der Waals surface area (Å²) in [7, 11) is 2.20. The van der Waals surface area contributed by atoms with Crippen molar-refractivity contribution in [2.24, 2.45) is 0 Å². The third-order valence-electron chi connectivity index (χ3n) is 2.95. The summed E-state index contributed by atoms with van der Waals surface area (Å²) >= 11 is 0. The first-order valence-corrected chi connectivity index (χ1v) is 6.68. The van der Waals surface area contributed by atoms with Crippen molar-refractivity contribution in [3.63, 3.8) is 0 Å². The second-order valence-electron chi connectivity index (χ2n) is 4.85. The van der Waals surface area contributed by atoms with Crippen LogP contribution in [0.5, 0.6) is 0 Å². The van der Waals surface area contributed by atoms with Crippen LogP contribution in [0.15, 0.2) is 30.3 Å². The summed E-state index contributed by atoms with van der Waals surface area (Å²) in [6.07, 6.45) is 2.34. The Morgan fingerprint density at radius 3 is 2.59 bits per heavy atom. The minimum Gasteiger partial charge on any atom is -0.313 e. The van der Waals surface area contributed by atoms with Crippen molar-refractivity contribution in [2.45, 2.75) is 32.7 Å². The highest BCUT2D eigenvalue weighted by Crippen LogP contribution is 2.01. The number of hydrogen-bond donors (Lipinski definition) is 1. The van der Waals surface area contributed by atoms with E-state index in [0.29, 0.717) is 6.04 Å². The molecule has 0 aliphatic carbocycles. The Kier molecular flexibility index (Phi) is 6.90. The van der Waals surface area contributed by atoms with Crippen molar-refractivity contribution >= 4 is 0 Å². The fourth-order valence-electron chi connectivity index (χ4n) is 1.98. The lowest BCUT2D eigenvalue weighted by Crippen LogP contribution is -2.38. The fraction of sp³-hybridized carbons (Fsp3) is 0.600. The van der Waals surface area contributed by atoms with Crippen LogP contribution in [-0.2, 0) is 6.42 Å². The monoisotopic (exact) mass is 234 g/mol. The van der Waals surface area contributed by atoms with Crippen LogP contribution < -0.4 is 5.32 Å². The summed E-state index contributed by atoms with van der Waals surface area (Å²) in [5.41, 5.74) is 1.42. The summed E-state index contributed by atoms with van der Waals surface area (Å²) in [6.45, 7) is 7.83. The molecule has 17 heavy (non-hydrogen) atoms. The van der Waals surface area contributed by atoms with Crippen molar-refractivity contribution in [3.8, 4) is 0 Å². The Morgan fingerprint density at radius 1 is 1.24 bits per heavy atom. The molecule has 1 atom stereocenters. The van der Waals surface area contributed by atoms with Gasteiger partial charge in [-0.15, -0.1) is 0 Å². The van der Waals surface area contributed by atoms with Gasteiger partial charge in [0, 0.05) is 19.1 Å². The third kappa shape index (κ3) is 6.44. The third-order valence-corrected chi connectivity index (χ3v) is 2.95. The Morgan fingerprint density at radius 2 is 1.94 bits per heavy atom. The lowest BCUT2D eigenvalue weighted by atomic mass is 10.1. The molecule has 0 saturated heterocycles. The average molecular weight is 234 g/mol. The lowest BCUT2D eigenvalue weighted by Gasteiger charge is -2.22. The van der Waals surface area contributed by atoms with Gasteiger partial charge in [0.15, 0.2) is 0 Å². The van der Waals surface area contributed by atoms with Crippen LogP contribution >= 0.6 is 0 Å². The molecule has 2 nitrogen and oxygen atoms in total. The first-order chi connectivity index (χ1) is 8.22. The van der Waals surface area contributed by atoms with Crippen molar-refractivity contribution in [1.29, 1.82) is 0 Å². The average Bonchev–Trinajstić information content (AvgIpc) is 2.35. The van der Waals surface area contributed by atoms with Crippen LogP contribution in [0, 0.1) is 0 Å². The zero-order chi connectivity index (χ0) is 12.5. The summed E-state index contributed by atoms with van der Waals surface area (Å²) in [5, 5.41) is 3.52. The highest BCUT2D eigenvalue weighted by atomic mass is 15.1. The molecular formula is C15H26N2.